The van der Waals surface area contributed by atoms with Gasteiger partial charge in [-0.1, -0.05) is 0 Å². The van der Waals surface area contributed by atoms with Gasteiger partial charge in [0.2, 0.25) is 0 Å². The first kappa shape index (κ1) is 8.99. The molecule has 4 nitrogen and oxygen atoms in total. The normalized spacial score (nSPS) is 9.42. The second kappa shape index (κ2) is 4.71. The maximum Gasteiger partial charge on any atom is 0.407 e. The summed E-state index contributed by atoms with van der Waals surface area (Å²) in [4.78, 5) is 14.8. The average Bonchev–Trinajstić information content (AvgIpc) is 2.53. The van der Waals surface area contributed by atoms with Gasteiger partial charge in [-0.2, -0.15) is 0 Å². The van der Waals surface area contributed by atoms with Gasteiger partial charge in [-0.25, -0.2) is 9.78 Å². The van der Waals surface area contributed by atoms with Crippen LogP contribution in [-0.2, 0) is 11.3 Å². The van der Waals surface area contributed by atoms with Crippen LogP contribution in [0.15, 0.2) is 10.9 Å². The van der Waals surface area contributed by atoms with Crippen LogP contribution in [0.3, 0.4) is 0 Å². The van der Waals surface area contributed by atoms with Gasteiger partial charge in [-0.3, -0.25) is 0 Å². The van der Waals surface area contributed by atoms with Crippen molar-refractivity contribution in [1.82, 2.24) is 10.3 Å². The van der Waals surface area contributed by atoms with Gasteiger partial charge in [-0.15, -0.1) is 11.3 Å². The Morgan fingerprint density at radius 3 is 3.25 bits per heavy atom. The monoisotopic (exact) mass is 186 g/mol. The van der Waals surface area contributed by atoms with E-state index in [-0.39, 0.29) is 0 Å². The minimum Gasteiger partial charge on any atom is -0.450 e. The molecule has 1 N–H and O–H groups in total. The third kappa shape index (κ3) is 2.87. The highest BCUT2D eigenvalue weighted by atomic mass is 32.1. The Morgan fingerprint density at radius 2 is 2.67 bits per heavy atom. The summed E-state index contributed by atoms with van der Waals surface area (Å²) in [5, 5.41) is 4.45. The first-order valence-corrected chi connectivity index (χ1v) is 4.55. The Morgan fingerprint density at radius 1 is 1.83 bits per heavy atom. The molecule has 0 aliphatic rings. The number of ether oxygens (including phenoxy) is 1. The van der Waals surface area contributed by atoms with E-state index < -0.39 is 6.09 Å². The predicted molar refractivity (Wildman–Crippen MR) is 46.0 cm³/mol. The molecule has 1 aromatic rings. The Labute approximate surface area is 74.6 Å². The van der Waals surface area contributed by atoms with Gasteiger partial charge >= 0.3 is 6.09 Å². The minimum absolute atomic E-state index is 0.392. The lowest BCUT2D eigenvalue weighted by Crippen LogP contribution is -2.23. The van der Waals surface area contributed by atoms with Gasteiger partial charge in [0, 0.05) is 5.38 Å². The maximum absolute atomic E-state index is 10.8. The van der Waals surface area contributed by atoms with Gasteiger partial charge in [0.15, 0.2) is 0 Å². The summed E-state index contributed by atoms with van der Waals surface area (Å²) in [5.41, 5.74) is 2.58. The number of hydrogen-bond donors (Lipinski definition) is 1. The molecule has 0 unspecified atom stereocenters. The van der Waals surface area contributed by atoms with Crippen LogP contribution in [0.1, 0.15) is 12.6 Å². The fourth-order valence-corrected chi connectivity index (χ4v) is 1.23. The van der Waals surface area contributed by atoms with Crippen molar-refractivity contribution in [2.75, 3.05) is 6.61 Å². The molecule has 0 spiro atoms. The number of carbonyl (C=O) groups excluding carboxylic acids is 1. The second-order valence-corrected chi connectivity index (χ2v) is 2.77. The van der Waals surface area contributed by atoms with Gasteiger partial charge in [0.1, 0.15) is 0 Å². The van der Waals surface area contributed by atoms with Crippen molar-refractivity contribution in [3.8, 4) is 0 Å². The summed E-state index contributed by atoms with van der Waals surface area (Å²) in [7, 11) is 0. The third-order valence-electron chi connectivity index (χ3n) is 1.17. The predicted octanol–water partition coefficient (Wildman–Crippen LogP) is 1.39. The Balaban J connectivity index is 2.22. The highest BCUT2D eigenvalue weighted by Crippen LogP contribution is 1.99. The summed E-state index contributed by atoms with van der Waals surface area (Å²) < 4.78 is 4.67. The fourth-order valence-electron chi connectivity index (χ4n) is 0.670. The molecule has 0 fully saturated rings. The Bertz CT molecular complexity index is 236. The lowest BCUT2D eigenvalue weighted by Gasteiger charge is -2.01. The number of amides is 1. The van der Waals surface area contributed by atoms with Gasteiger partial charge in [0.05, 0.1) is 24.4 Å². The largest absolute Gasteiger partial charge is 0.450 e. The van der Waals surface area contributed by atoms with Crippen LogP contribution in [0, 0.1) is 0 Å². The summed E-state index contributed by atoms with van der Waals surface area (Å²) in [6, 6.07) is 0. The number of nitrogens with zero attached hydrogens (tertiary/aromatic N) is 1. The maximum atomic E-state index is 10.8. The van der Waals surface area contributed by atoms with Crippen LogP contribution in [0.2, 0.25) is 0 Å². The molecule has 1 rings (SSSR count). The van der Waals surface area contributed by atoms with E-state index in [0.717, 1.165) is 5.69 Å². The van der Waals surface area contributed by atoms with E-state index in [1.165, 1.54) is 11.3 Å². The second-order valence-electron chi connectivity index (χ2n) is 2.05. The van der Waals surface area contributed by atoms with Crippen molar-refractivity contribution in [3.05, 3.63) is 16.6 Å². The van der Waals surface area contributed by atoms with E-state index in [4.69, 9.17) is 0 Å². The van der Waals surface area contributed by atoms with Gasteiger partial charge in [0.25, 0.3) is 0 Å². The molecule has 0 saturated carbocycles. The van der Waals surface area contributed by atoms with Crippen molar-refractivity contribution < 1.29 is 9.53 Å². The average molecular weight is 186 g/mol. The van der Waals surface area contributed by atoms with Crippen molar-refractivity contribution >= 4 is 17.4 Å². The molecule has 0 aromatic carbocycles. The minimum atomic E-state index is -0.398. The topological polar surface area (TPSA) is 51.2 Å². The summed E-state index contributed by atoms with van der Waals surface area (Å²) in [5.74, 6) is 0. The van der Waals surface area contributed by atoms with E-state index >= 15 is 0 Å². The standard InChI is InChI=1S/C7H10N2O2S/c1-2-11-7(10)8-3-6-4-12-5-9-6/h4-5H,2-3H2,1H3,(H,8,10). The first-order chi connectivity index (χ1) is 5.83. The number of aromatic nitrogens is 1. The quantitative estimate of drug-likeness (QED) is 0.776. The van der Waals surface area contributed by atoms with Gasteiger partial charge in [-0.05, 0) is 6.92 Å². The zero-order chi connectivity index (χ0) is 8.81. The van der Waals surface area contributed by atoms with Gasteiger partial charge < -0.3 is 10.1 Å². The molecule has 1 heterocycles. The van der Waals surface area contributed by atoms with E-state index in [9.17, 15) is 4.79 Å². The highest BCUT2D eigenvalue weighted by Gasteiger charge is 2.00. The van der Waals surface area contributed by atoms with Crippen molar-refractivity contribution in [2.45, 2.75) is 13.5 Å². The molecule has 0 saturated heterocycles. The molecule has 0 bridgehead atoms. The van der Waals surface area contributed by atoms with E-state index in [1.54, 1.807) is 12.4 Å². The number of thiazole rings is 1. The van der Waals surface area contributed by atoms with Crippen molar-refractivity contribution in [1.29, 1.82) is 0 Å². The molecule has 1 aromatic heterocycles. The van der Waals surface area contributed by atoms with E-state index in [1.807, 2.05) is 5.38 Å². The Kier molecular flexibility index (Phi) is 3.53. The highest BCUT2D eigenvalue weighted by molar-refractivity contribution is 7.07. The number of alkyl carbamates (subject to hydrolysis) is 1. The smallest absolute Gasteiger partial charge is 0.407 e. The summed E-state index contributed by atoms with van der Waals surface area (Å²) in [6.07, 6.45) is -0.398. The van der Waals surface area contributed by atoms with Crippen LogP contribution < -0.4 is 5.32 Å². The lowest BCUT2D eigenvalue weighted by atomic mass is 10.5. The SMILES string of the molecule is CCOC(=O)NCc1cscn1. The van der Waals surface area contributed by atoms with Crippen LogP contribution in [0.4, 0.5) is 4.79 Å². The van der Waals surface area contributed by atoms with Crippen LogP contribution in [-0.4, -0.2) is 17.7 Å². The molecule has 5 heteroatoms. The number of hydrogen-bond acceptors (Lipinski definition) is 4. The van der Waals surface area contributed by atoms with Crippen LogP contribution in [0.5, 0.6) is 0 Å². The Hall–Kier alpha value is -1.10. The number of carbonyl (C=O) groups is 1. The molecule has 0 radical (unpaired) electrons. The van der Waals surface area contributed by atoms with Crippen LogP contribution >= 0.6 is 11.3 Å². The fraction of sp³-hybridized carbons (Fsp3) is 0.429. The summed E-state index contributed by atoms with van der Waals surface area (Å²) in [6.45, 7) is 2.59. The molecule has 1 amide bonds. The molecular weight excluding hydrogens is 176 g/mol. The van der Waals surface area contributed by atoms with E-state index in [0.29, 0.717) is 13.2 Å². The summed E-state index contributed by atoms with van der Waals surface area (Å²) >= 11 is 1.50. The zero-order valence-electron chi connectivity index (χ0n) is 6.74. The number of nitrogens with one attached hydrogen (secondary N) is 1. The van der Waals surface area contributed by atoms with Crippen LogP contribution in [0.25, 0.3) is 0 Å². The molecule has 0 atom stereocenters. The lowest BCUT2D eigenvalue weighted by molar-refractivity contribution is 0.151. The molecule has 0 aliphatic heterocycles. The molecule has 0 aliphatic carbocycles. The zero-order valence-corrected chi connectivity index (χ0v) is 7.56. The van der Waals surface area contributed by atoms with E-state index in [2.05, 4.69) is 15.0 Å². The van der Waals surface area contributed by atoms with Crippen molar-refractivity contribution in [2.24, 2.45) is 0 Å². The molecular formula is C7H10N2O2S. The van der Waals surface area contributed by atoms with Crippen molar-refractivity contribution in [3.63, 3.8) is 0 Å². The first-order valence-electron chi connectivity index (χ1n) is 3.60. The third-order valence-corrected chi connectivity index (χ3v) is 1.81. The number of rotatable bonds is 3. The molecule has 12 heavy (non-hydrogen) atoms. The molecule has 66 valence electrons.